The molecule has 1 saturated heterocycles. The lowest BCUT2D eigenvalue weighted by molar-refractivity contribution is -0.114. The molecule has 0 spiro atoms. The van der Waals surface area contributed by atoms with Crippen molar-refractivity contribution >= 4 is 21.4 Å². The SMILES string of the molecule is CN(C)/C=C1\C(=O)N(c2ccc(F)cc2F)[C@@H](c2cccnc2)S1(=O)=O. The summed E-state index contributed by atoms with van der Waals surface area (Å²) in [5.74, 6) is -2.76. The topological polar surface area (TPSA) is 70.6 Å². The van der Waals surface area contributed by atoms with E-state index in [1.807, 2.05) is 0 Å². The molecule has 3 rings (SSSR count). The first kappa shape index (κ1) is 18.0. The summed E-state index contributed by atoms with van der Waals surface area (Å²) in [5, 5.41) is -1.49. The van der Waals surface area contributed by atoms with Crippen molar-refractivity contribution in [3.05, 3.63) is 71.0 Å². The molecule has 0 radical (unpaired) electrons. The van der Waals surface area contributed by atoms with Gasteiger partial charge in [-0.15, -0.1) is 0 Å². The van der Waals surface area contributed by atoms with Crippen LogP contribution in [0.3, 0.4) is 0 Å². The standard InChI is InChI=1S/C17H15F2N3O3S/c1-21(2)10-15-16(23)22(14-6-5-12(18)8-13(14)19)17(26(15,24)25)11-4-3-7-20-9-11/h3-10,17H,1-2H3/b15-10+/t17-/m1/s1. The molecule has 2 heterocycles. The zero-order chi connectivity index (χ0) is 19.1. The molecular weight excluding hydrogens is 364 g/mol. The molecule has 1 aliphatic heterocycles. The monoisotopic (exact) mass is 379 g/mol. The first-order chi connectivity index (χ1) is 12.2. The van der Waals surface area contributed by atoms with E-state index in [-0.39, 0.29) is 11.3 Å². The molecule has 0 aliphatic carbocycles. The molecule has 1 amide bonds. The number of rotatable bonds is 3. The number of anilines is 1. The minimum atomic E-state index is -4.15. The van der Waals surface area contributed by atoms with Crippen LogP contribution in [0.5, 0.6) is 0 Å². The third kappa shape index (κ3) is 2.94. The Morgan fingerprint density at radius 3 is 2.54 bits per heavy atom. The average molecular weight is 379 g/mol. The number of halogens is 2. The Labute approximate surface area is 149 Å². The summed E-state index contributed by atoms with van der Waals surface area (Å²) in [6.07, 6.45) is 3.91. The van der Waals surface area contributed by atoms with Gasteiger partial charge in [0.05, 0.1) is 5.69 Å². The van der Waals surface area contributed by atoms with Gasteiger partial charge in [0.25, 0.3) is 5.91 Å². The number of nitrogens with zero attached hydrogens (tertiary/aromatic N) is 3. The zero-order valence-corrected chi connectivity index (χ0v) is 14.7. The molecule has 0 unspecified atom stereocenters. The van der Waals surface area contributed by atoms with Crippen LogP contribution in [0, 0.1) is 11.6 Å². The molecule has 1 fully saturated rings. The second-order valence-electron chi connectivity index (χ2n) is 5.91. The quantitative estimate of drug-likeness (QED) is 0.765. The maximum atomic E-state index is 14.3. The lowest BCUT2D eigenvalue weighted by Gasteiger charge is -2.23. The first-order valence-corrected chi connectivity index (χ1v) is 9.09. The fourth-order valence-corrected chi connectivity index (χ4v) is 4.66. The van der Waals surface area contributed by atoms with Gasteiger partial charge in [-0.25, -0.2) is 17.2 Å². The molecule has 0 saturated carbocycles. The van der Waals surface area contributed by atoms with Crippen LogP contribution in [0.25, 0.3) is 0 Å². The number of carbonyl (C=O) groups is 1. The normalized spacial score (nSPS) is 20.6. The molecule has 136 valence electrons. The Balaban J connectivity index is 2.27. The lowest BCUT2D eigenvalue weighted by Crippen LogP contribution is -2.30. The van der Waals surface area contributed by atoms with Gasteiger partial charge in [-0.2, -0.15) is 0 Å². The molecule has 2 aromatic rings. The predicted octanol–water partition coefficient (Wildman–Crippen LogP) is 2.22. The fourth-order valence-electron chi connectivity index (χ4n) is 2.73. The number of amides is 1. The van der Waals surface area contributed by atoms with Crippen molar-refractivity contribution in [2.45, 2.75) is 5.37 Å². The molecule has 1 aromatic carbocycles. The van der Waals surface area contributed by atoms with Crippen molar-refractivity contribution in [3.63, 3.8) is 0 Å². The van der Waals surface area contributed by atoms with Gasteiger partial charge in [-0.3, -0.25) is 14.7 Å². The van der Waals surface area contributed by atoms with E-state index in [0.717, 1.165) is 17.0 Å². The summed E-state index contributed by atoms with van der Waals surface area (Å²) >= 11 is 0. The van der Waals surface area contributed by atoms with E-state index in [0.29, 0.717) is 6.07 Å². The van der Waals surface area contributed by atoms with E-state index in [1.165, 1.54) is 35.6 Å². The van der Waals surface area contributed by atoms with Crippen LogP contribution in [-0.4, -0.2) is 38.3 Å². The summed E-state index contributed by atoms with van der Waals surface area (Å²) in [7, 11) is -1.02. The third-order valence-corrected chi connectivity index (χ3v) is 5.74. The van der Waals surface area contributed by atoms with E-state index in [1.54, 1.807) is 14.1 Å². The van der Waals surface area contributed by atoms with Crippen LogP contribution < -0.4 is 4.90 Å². The molecular formula is C17H15F2N3O3S. The summed E-state index contributed by atoms with van der Waals surface area (Å²) < 4.78 is 53.6. The smallest absolute Gasteiger partial charge is 0.272 e. The van der Waals surface area contributed by atoms with Crippen molar-refractivity contribution in [3.8, 4) is 0 Å². The van der Waals surface area contributed by atoms with E-state index < -0.39 is 37.7 Å². The number of aromatic nitrogens is 1. The van der Waals surface area contributed by atoms with Crippen molar-refractivity contribution in [2.75, 3.05) is 19.0 Å². The Kier molecular flexibility index (Phi) is 4.49. The van der Waals surface area contributed by atoms with Crippen molar-refractivity contribution in [1.29, 1.82) is 0 Å². The number of pyridine rings is 1. The van der Waals surface area contributed by atoms with Gasteiger partial charge < -0.3 is 4.90 Å². The Bertz CT molecular complexity index is 992. The average Bonchev–Trinajstić information content (AvgIpc) is 2.76. The summed E-state index contributed by atoms with van der Waals surface area (Å²) in [6, 6.07) is 5.60. The van der Waals surface area contributed by atoms with Crippen LogP contribution in [0.1, 0.15) is 10.9 Å². The zero-order valence-electron chi connectivity index (χ0n) is 13.9. The van der Waals surface area contributed by atoms with Crippen molar-refractivity contribution in [1.82, 2.24) is 9.88 Å². The highest BCUT2D eigenvalue weighted by Crippen LogP contribution is 2.43. The van der Waals surface area contributed by atoms with E-state index in [2.05, 4.69) is 4.98 Å². The molecule has 1 aromatic heterocycles. The van der Waals surface area contributed by atoms with E-state index in [9.17, 15) is 22.0 Å². The predicted molar refractivity (Wildman–Crippen MR) is 91.5 cm³/mol. The number of hydrogen-bond donors (Lipinski definition) is 0. The van der Waals surface area contributed by atoms with Gasteiger partial charge in [0.15, 0.2) is 10.3 Å². The fraction of sp³-hybridized carbons (Fsp3) is 0.176. The van der Waals surface area contributed by atoms with Crippen LogP contribution >= 0.6 is 0 Å². The maximum Gasteiger partial charge on any atom is 0.272 e. The number of hydrogen-bond acceptors (Lipinski definition) is 5. The third-order valence-electron chi connectivity index (χ3n) is 3.78. The Hall–Kier alpha value is -2.81. The molecule has 1 aliphatic rings. The second kappa shape index (κ2) is 6.49. The van der Waals surface area contributed by atoms with Gasteiger partial charge >= 0.3 is 0 Å². The van der Waals surface area contributed by atoms with Crippen LogP contribution in [-0.2, 0) is 14.6 Å². The van der Waals surface area contributed by atoms with Gasteiger partial charge in [0.2, 0.25) is 9.84 Å². The molecule has 6 nitrogen and oxygen atoms in total. The molecule has 1 atom stereocenters. The van der Waals surface area contributed by atoms with Crippen molar-refractivity contribution < 1.29 is 22.0 Å². The highest BCUT2D eigenvalue weighted by molar-refractivity contribution is 7.97. The largest absolute Gasteiger partial charge is 0.382 e. The summed E-state index contributed by atoms with van der Waals surface area (Å²) in [5.41, 5.74) is -0.122. The van der Waals surface area contributed by atoms with Gasteiger partial charge in [-0.1, -0.05) is 6.07 Å². The van der Waals surface area contributed by atoms with E-state index in [4.69, 9.17) is 0 Å². The highest BCUT2D eigenvalue weighted by atomic mass is 32.2. The number of benzene rings is 1. The maximum absolute atomic E-state index is 14.3. The second-order valence-corrected chi connectivity index (χ2v) is 7.89. The van der Waals surface area contributed by atoms with Crippen LogP contribution in [0.4, 0.5) is 14.5 Å². The van der Waals surface area contributed by atoms with Crippen LogP contribution in [0.2, 0.25) is 0 Å². The first-order valence-electron chi connectivity index (χ1n) is 7.54. The van der Waals surface area contributed by atoms with Gasteiger partial charge in [-0.05, 0) is 18.2 Å². The lowest BCUT2D eigenvalue weighted by atomic mass is 10.2. The van der Waals surface area contributed by atoms with Crippen LogP contribution in [0.15, 0.2) is 53.8 Å². The molecule has 9 heteroatoms. The molecule has 0 bridgehead atoms. The molecule has 26 heavy (non-hydrogen) atoms. The van der Waals surface area contributed by atoms with Gasteiger partial charge in [0.1, 0.15) is 11.6 Å². The van der Waals surface area contributed by atoms with E-state index >= 15 is 0 Å². The molecule has 0 N–H and O–H groups in total. The van der Waals surface area contributed by atoms with Crippen molar-refractivity contribution in [2.24, 2.45) is 0 Å². The van der Waals surface area contributed by atoms with Gasteiger partial charge in [0, 0.05) is 44.3 Å². The number of sulfone groups is 1. The Morgan fingerprint density at radius 2 is 1.96 bits per heavy atom. The number of carbonyl (C=O) groups excluding carboxylic acids is 1. The minimum Gasteiger partial charge on any atom is -0.382 e. The Morgan fingerprint density at radius 1 is 1.23 bits per heavy atom. The minimum absolute atomic E-state index is 0.201. The summed E-state index contributed by atoms with van der Waals surface area (Å²) in [6.45, 7) is 0. The highest BCUT2D eigenvalue weighted by Gasteiger charge is 2.51. The summed E-state index contributed by atoms with van der Waals surface area (Å²) in [4.78, 5) is 18.5.